The van der Waals surface area contributed by atoms with Crippen LogP contribution in [0.5, 0.6) is 5.75 Å². The molecule has 2 aromatic carbocycles. The molecule has 1 aliphatic heterocycles. The van der Waals surface area contributed by atoms with E-state index >= 15 is 0 Å². The summed E-state index contributed by atoms with van der Waals surface area (Å²) in [5, 5.41) is 2.90. The van der Waals surface area contributed by atoms with Gasteiger partial charge in [-0.3, -0.25) is 9.59 Å². The second-order valence-corrected chi connectivity index (χ2v) is 7.77. The van der Waals surface area contributed by atoms with Gasteiger partial charge in [0.05, 0.1) is 7.11 Å². The lowest BCUT2D eigenvalue weighted by Crippen LogP contribution is -2.55. The van der Waals surface area contributed by atoms with Crippen LogP contribution < -0.4 is 15.0 Å². The molecule has 1 N–H and O–H groups in total. The minimum atomic E-state index is -1.10. The summed E-state index contributed by atoms with van der Waals surface area (Å²) >= 11 is 0. The largest absolute Gasteiger partial charge is 0.497 e. The van der Waals surface area contributed by atoms with Gasteiger partial charge in [-0.15, -0.1) is 0 Å². The third-order valence-electron chi connectivity index (χ3n) is 5.40. The topological polar surface area (TPSA) is 61.9 Å². The number of nitrogens with one attached hydrogen (secondary N) is 1. The van der Waals surface area contributed by atoms with Gasteiger partial charge in [0.25, 0.3) is 0 Å². The van der Waals surface area contributed by atoms with Crippen molar-refractivity contribution in [3.63, 3.8) is 0 Å². The Morgan fingerprint density at radius 1 is 0.966 bits per heavy atom. The fourth-order valence-electron chi connectivity index (χ4n) is 3.45. The summed E-state index contributed by atoms with van der Waals surface area (Å²) in [5.41, 5.74) is 1.02. The maximum Gasteiger partial charge on any atom is 0.237 e. The van der Waals surface area contributed by atoms with E-state index in [9.17, 15) is 9.59 Å². The third kappa shape index (κ3) is 4.88. The molecule has 0 saturated carbocycles. The highest BCUT2D eigenvalue weighted by molar-refractivity contribution is 6.04. The zero-order valence-corrected chi connectivity index (χ0v) is 17.4. The van der Waals surface area contributed by atoms with Gasteiger partial charge >= 0.3 is 0 Å². The molecule has 154 valence electrons. The summed E-state index contributed by atoms with van der Waals surface area (Å²) in [6, 6.07) is 17.6. The molecule has 0 aliphatic carbocycles. The maximum atomic E-state index is 13.0. The van der Waals surface area contributed by atoms with E-state index in [0.29, 0.717) is 19.6 Å². The van der Waals surface area contributed by atoms with Crippen molar-refractivity contribution in [3.05, 3.63) is 60.2 Å². The number of carbonyl (C=O) groups is 2. The van der Waals surface area contributed by atoms with Gasteiger partial charge in [-0.25, -0.2) is 0 Å². The second kappa shape index (κ2) is 8.99. The first-order valence-corrected chi connectivity index (χ1v) is 9.92. The Morgan fingerprint density at radius 3 is 2.17 bits per heavy atom. The lowest BCUT2D eigenvalue weighted by atomic mass is 9.89. The van der Waals surface area contributed by atoms with Gasteiger partial charge in [-0.2, -0.15) is 0 Å². The molecule has 6 heteroatoms. The SMILES string of the molecule is COc1ccc(N2CCN(C(=O)C(C)(C)C(=O)NCc3ccccc3)CC2)cc1. The van der Waals surface area contributed by atoms with Crippen LogP contribution >= 0.6 is 0 Å². The van der Waals surface area contributed by atoms with Crippen LogP contribution in [0.15, 0.2) is 54.6 Å². The van der Waals surface area contributed by atoms with Crippen LogP contribution in [0.2, 0.25) is 0 Å². The molecule has 0 aromatic heterocycles. The van der Waals surface area contributed by atoms with Crippen molar-refractivity contribution in [1.29, 1.82) is 0 Å². The number of benzene rings is 2. The predicted octanol–water partition coefficient (Wildman–Crippen LogP) is 2.69. The standard InChI is InChI=1S/C23H29N3O3/c1-23(2,21(27)24-17-18-7-5-4-6-8-18)22(28)26-15-13-25(14-16-26)19-9-11-20(29-3)12-10-19/h4-12H,13-17H2,1-3H3,(H,24,27). The lowest BCUT2D eigenvalue weighted by Gasteiger charge is -2.39. The Balaban J connectivity index is 1.54. The van der Waals surface area contributed by atoms with E-state index in [2.05, 4.69) is 10.2 Å². The van der Waals surface area contributed by atoms with Gasteiger partial charge in [0, 0.05) is 38.4 Å². The van der Waals surface area contributed by atoms with Crippen molar-refractivity contribution >= 4 is 17.5 Å². The molecule has 0 spiro atoms. The third-order valence-corrected chi connectivity index (χ3v) is 5.40. The fourth-order valence-corrected chi connectivity index (χ4v) is 3.45. The Bertz CT molecular complexity index is 826. The van der Waals surface area contributed by atoms with Crippen molar-refractivity contribution in [2.75, 3.05) is 38.2 Å². The number of carbonyl (C=O) groups excluding carboxylic acids is 2. The summed E-state index contributed by atoms with van der Waals surface area (Å²) in [7, 11) is 1.65. The number of ether oxygens (including phenoxy) is 1. The maximum absolute atomic E-state index is 13.0. The Hall–Kier alpha value is -3.02. The van der Waals surface area contributed by atoms with Gasteiger partial charge in [-0.1, -0.05) is 30.3 Å². The van der Waals surface area contributed by atoms with Crippen LogP contribution in [-0.4, -0.2) is 50.0 Å². The molecule has 1 aliphatic rings. The summed E-state index contributed by atoms with van der Waals surface area (Å²) in [6.07, 6.45) is 0. The van der Waals surface area contributed by atoms with Crippen LogP contribution in [0.1, 0.15) is 19.4 Å². The number of piperazine rings is 1. The normalized spacial score (nSPS) is 14.4. The van der Waals surface area contributed by atoms with Crippen LogP contribution in [-0.2, 0) is 16.1 Å². The van der Waals surface area contributed by atoms with Crippen molar-refractivity contribution in [1.82, 2.24) is 10.2 Å². The van der Waals surface area contributed by atoms with Crippen molar-refractivity contribution in [3.8, 4) is 5.75 Å². The molecule has 1 fully saturated rings. The highest BCUT2D eigenvalue weighted by Crippen LogP contribution is 2.24. The highest BCUT2D eigenvalue weighted by Gasteiger charge is 2.39. The Morgan fingerprint density at radius 2 is 1.59 bits per heavy atom. The molecule has 0 atom stereocenters. The summed E-state index contributed by atoms with van der Waals surface area (Å²) < 4.78 is 5.20. The van der Waals surface area contributed by atoms with Gasteiger partial charge in [0.15, 0.2) is 0 Å². The minimum Gasteiger partial charge on any atom is -0.497 e. The molecule has 2 aromatic rings. The van der Waals surface area contributed by atoms with Crippen LogP contribution in [0.25, 0.3) is 0 Å². The zero-order chi connectivity index (χ0) is 20.9. The summed E-state index contributed by atoms with van der Waals surface area (Å²) in [6.45, 7) is 6.48. The highest BCUT2D eigenvalue weighted by atomic mass is 16.5. The van der Waals surface area contributed by atoms with Gasteiger partial charge in [0.2, 0.25) is 11.8 Å². The minimum absolute atomic E-state index is 0.127. The van der Waals surface area contributed by atoms with E-state index in [-0.39, 0.29) is 11.8 Å². The zero-order valence-electron chi connectivity index (χ0n) is 17.4. The van der Waals surface area contributed by atoms with E-state index < -0.39 is 5.41 Å². The molecule has 1 heterocycles. The molecule has 3 rings (SSSR count). The van der Waals surface area contributed by atoms with Crippen molar-refractivity contribution in [2.24, 2.45) is 5.41 Å². The fraction of sp³-hybridized carbons (Fsp3) is 0.391. The second-order valence-electron chi connectivity index (χ2n) is 7.77. The molecule has 0 bridgehead atoms. The smallest absolute Gasteiger partial charge is 0.237 e. The number of amides is 2. The van der Waals surface area contributed by atoms with Crippen LogP contribution in [0.4, 0.5) is 5.69 Å². The van der Waals surface area contributed by atoms with Crippen molar-refractivity contribution < 1.29 is 14.3 Å². The van der Waals surface area contributed by atoms with Gasteiger partial charge < -0.3 is 19.9 Å². The Labute approximate surface area is 172 Å². The summed E-state index contributed by atoms with van der Waals surface area (Å²) in [5.74, 6) is 0.451. The number of nitrogens with zero attached hydrogens (tertiary/aromatic N) is 2. The van der Waals surface area contributed by atoms with E-state index in [1.165, 1.54) is 0 Å². The van der Waals surface area contributed by atoms with E-state index in [1.807, 2.05) is 54.6 Å². The molecule has 29 heavy (non-hydrogen) atoms. The van der Waals surface area contributed by atoms with E-state index in [4.69, 9.17) is 4.74 Å². The first kappa shape index (κ1) is 20.7. The van der Waals surface area contributed by atoms with Gasteiger partial charge in [0.1, 0.15) is 11.2 Å². The molecular weight excluding hydrogens is 366 g/mol. The average molecular weight is 396 g/mol. The van der Waals surface area contributed by atoms with Crippen LogP contribution in [0.3, 0.4) is 0 Å². The number of anilines is 1. The van der Waals surface area contributed by atoms with Gasteiger partial charge in [-0.05, 0) is 43.7 Å². The molecule has 6 nitrogen and oxygen atoms in total. The molecule has 0 unspecified atom stereocenters. The number of methoxy groups -OCH3 is 1. The molecular formula is C23H29N3O3. The molecule has 0 radical (unpaired) electrons. The summed E-state index contributed by atoms with van der Waals surface area (Å²) in [4.78, 5) is 29.8. The van der Waals surface area contributed by atoms with Crippen LogP contribution in [0, 0.1) is 5.41 Å². The quantitative estimate of drug-likeness (QED) is 0.764. The molecule has 2 amide bonds. The van der Waals surface area contributed by atoms with E-state index in [1.54, 1.807) is 25.9 Å². The first-order chi connectivity index (χ1) is 13.9. The monoisotopic (exact) mass is 395 g/mol. The lowest BCUT2D eigenvalue weighted by molar-refractivity contribution is -0.148. The number of hydrogen-bond acceptors (Lipinski definition) is 4. The predicted molar refractivity (Wildman–Crippen MR) is 114 cm³/mol. The first-order valence-electron chi connectivity index (χ1n) is 9.92. The average Bonchev–Trinajstić information content (AvgIpc) is 2.77. The number of rotatable bonds is 6. The van der Waals surface area contributed by atoms with E-state index in [0.717, 1.165) is 30.1 Å². The Kier molecular flexibility index (Phi) is 6.42. The molecule has 1 saturated heterocycles. The number of hydrogen-bond donors (Lipinski definition) is 1. The van der Waals surface area contributed by atoms with Crippen molar-refractivity contribution in [2.45, 2.75) is 20.4 Å².